The fourth-order valence-electron chi connectivity index (χ4n) is 3.50. The predicted octanol–water partition coefficient (Wildman–Crippen LogP) is 3.77. The van der Waals surface area contributed by atoms with Crippen molar-refractivity contribution in [2.45, 2.75) is 28.6 Å². The number of carbonyl (C=O) groups is 1. The van der Waals surface area contributed by atoms with E-state index in [4.69, 9.17) is 0 Å². The van der Waals surface area contributed by atoms with Gasteiger partial charge in [-0.1, -0.05) is 42.1 Å². The van der Waals surface area contributed by atoms with Crippen LogP contribution in [0.4, 0.5) is 5.69 Å². The Morgan fingerprint density at radius 3 is 2.82 bits per heavy atom. The second-order valence-electron chi connectivity index (χ2n) is 6.90. The number of nitrogens with one attached hydrogen (secondary N) is 2. The second-order valence-corrected chi connectivity index (χ2v) is 8.02. The lowest BCUT2D eigenvalue weighted by atomic mass is 9.97. The Morgan fingerprint density at radius 1 is 1.18 bits per heavy atom. The maximum absolute atomic E-state index is 12.7. The SMILES string of the molecule is O=C(CN1CCC[C@H](c2ncn[nH]2)C1)Nc1ccccc1Sc1ccccc1. The quantitative estimate of drug-likeness (QED) is 0.667. The van der Waals surface area contributed by atoms with E-state index in [0.717, 1.165) is 47.2 Å². The summed E-state index contributed by atoms with van der Waals surface area (Å²) in [6.45, 7) is 2.14. The van der Waals surface area contributed by atoms with Crippen LogP contribution in [0.5, 0.6) is 0 Å². The largest absolute Gasteiger partial charge is 0.324 e. The zero-order valence-corrected chi connectivity index (χ0v) is 16.4. The summed E-state index contributed by atoms with van der Waals surface area (Å²) in [5.74, 6) is 1.24. The third kappa shape index (κ3) is 4.79. The van der Waals surface area contributed by atoms with Gasteiger partial charge in [-0.25, -0.2) is 4.98 Å². The number of carbonyl (C=O) groups excluding carboxylic acids is 1. The molecule has 0 saturated carbocycles. The highest BCUT2D eigenvalue weighted by molar-refractivity contribution is 7.99. The zero-order chi connectivity index (χ0) is 19.2. The fraction of sp³-hybridized carbons (Fsp3) is 0.286. The van der Waals surface area contributed by atoms with Crippen LogP contribution in [0, 0.1) is 0 Å². The Balaban J connectivity index is 1.37. The minimum Gasteiger partial charge on any atom is -0.324 e. The van der Waals surface area contributed by atoms with Gasteiger partial charge in [-0.05, 0) is 43.7 Å². The van der Waals surface area contributed by atoms with Crippen molar-refractivity contribution in [3.05, 3.63) is 66.7 Å². The molecule has 7 heteroatoms. The molecule has 0 aliphatic carbocycles. The monoisotopic (exact) mass is 393 g/mol. The molecule has 28 heavy (non-hydrogen) atoms. The van der Waals surface area contributed by atoms with Gasteiger partial charge >= 0.3 is 0 Å². The zero-order valence-electron chi connectivity index (χ0n) is 15.5. The van der Waals surface area contributed by atoms with Crippen LogP contribution in [0.3, 0.4) is 0 Å². The summed E-state index contributed by atoms with van der Waals surface area (Å²) in [5.41, 5.74) is 0.852. The number of amides is 1. The number of H-pyrrole nitrogens is 1. The number of piperidine rings is 1. The lowest BCUT2D eigenvalue weighted by molar-refractivity contribution is -0.117. The molecule has 2 heterocycles. The van der Waals surface area contributed by atoms with Crippen LogP contribution in [-0.2, 0) is 4.79 Å². The summed E-state index contributed by atoms with van der Waals surface area (Å²) < 4.78 is 0. The third-order valence-corrected chi connectivity index (χ3v) is 5.91. The summed E-state index contributed by atoms with van der Waals surface area (Å²) in [7, 11) is 0. The van der Waals surface area contributed by atoms with E-state index in [2.05, 4.69) is 37.5 Å². The average Bonchev–Trinajstić information content (AvgIpc) is 3.25. The number of para-hydroxylation sites is 1. The number of benzene rings is 2. The van der Waals surface area contributed by atoms with Crippen LogP contribution in [0.25, 0.3) is 0 Å². The Bertz CT molecular complexity index is 900. The summed E-state index contributed by atoms with van der Waals surface area (Å²) in [5, 5.41) is 10.00. The number of rotatable bonds is 6. The van der Waals surface area contributed by atoms with Crippen LogP contribution < -0.4 is 5.32 Å². The molecule has 0 radical (unpaired) electrons. The maximum atomic E-state index is 12.7. The van der Waals surface area contributed by atoms with Gasteiger partial charge in [0.2, 0.25) is 5.91 Å². The van der Waals surface area contributed by atoms with E-state index in [-0.39, 0.29) is 5.91 Å². The summed E-state index contributed by atoms with van der Waals surface area (Å²) in [6, 6.07) is 18.1. The number of likely N-dealkylation sites (tertiary alicyclic amines) is 1. The van der Waals surface area contributed by atoms with Crippen LogP contribution >= 0.6 is 11.8 Å². The molecular weight excluding hydrogens is 370 g/mol. The van der Waals surface area contributed by atoms with Gasteiger partial charge in [-0.2, -0.15) is 5.10 Å². The van der Waals surface area contributed by atoms with Crippen LogP contribution in [0.15, 0.2) is 70.7 Å². The highest BCUT2D eigenvalue weighted by Gasteiger charge is 2.24. The van der Waals surface area contributed by atoms with Gasteiger partial charge in [0.05, 0.1) is 12.2 Å². The first-order valence-electron chi connectivity index (χ1n) is 9.47. The highest BCUT2D eigenvalue weighted by Crippen LogP contribution is 2.33. The molecule has 0 bridgehead atoms. The third-order valence-electron chi connectivity index (χ3n) is 4.83. The molecule has 1 amide bonds. The summed E-state index contributed by atoms with van der Waals surface area (Å²) in [6.07, 6.45) is 3.67. The van der Waals surface area contributed by atoms with E-state index in [1.54, 1.807) is 18.1 Å². The number of anilines is 1. The first-order chi connectivity index (χ1) is 13.8. The van der Waals surface area contributed by atoms with Crippen molar-refractivity contribution in [2.24, 2.45) is 0 Å². The van der Waals surface area contributed by atoms with E-state index in [9.17, 15) is 4.79 Å². The van der Waals surface area contributed by atoms with Gasteiger partial charge in [0.1, 0.15) is 12.2 Å². The molecule has 2 aromatic carbocycles. The lowest BCUT2D eigenvalue weighted by Crippen LogP contribution is -2.40. The Kier molecular flexibility index (Phi) is 6.04. The average molecular weight is 394 g/mol. The van der Waals surface area contributed by atoms with Crippen molar-refractivity contribution in [1.82, 2.24) is 20.1 Å². The fourth-order valence-corrected chi connectivity index (χ4v) is 4.42. The topological polar surface area (TPSA) is 73.9 Å². The molecule has 6 nitrogen and oxygen atoms in total. The molecule has 3 aromatic rings. The number of nitrogens with zero attached hydrogens (tertiary/aromatic N) is 3. The van der Waals surface area contributed by atoms with Gasteiger partial charge in [0, 0.05) is 22.3 Å². The van der Waals surface area contributed by atoms with Crippen molar-refractivity contribution in [2.75, 3.05) is 25.0 Å². The highest BCUT2D eigenvalue weighted by atomic mass is 32.2. The first-order valence-corrected chi connectivity index (χ1v) is 10.3. The molecule has 0 spiro atoms. The van der Waals surface area contributed by atoms with Crippen molar-refractivity contribution in [1.29, 1.82) is 0 Å². The first kappa shape index (κ1) is 18.7. The van der Waals surface area contributed by atoms with Gasteiger partial charge < -0.3 is 5.32 Å². The van der Waals surface area contributed by atoms with E-state index >= 15 is 0 Å². The summed E-state index contributed by atoms with van der Waals surface area (Å²) in [4.78, 5) is 21.3. The van der Waals surface area contributed by atoms with Crippen molar-refractivity contribution in [3.8, 4) is 0 Å². The van der Waals surface area contributed by atoms with Gasteiger partial charge in [0.25, 0.3) is 0 Å². The van der Waals surface area contributed by atoms with Gasteiger partial charge in [-0.3, -0.25) is 14.8 Å². The lowest BCUT2D eigenvalue weighted by Gasteiger charge is -2.31. The van der Waals surface area contributed by atoms with Crippen molar-refractivity contribution >= 4 is 23.4 Å². The number of aromatic amines is 1. The second kappa shape index (κ2) is 9.03. The molecule has 2 N–H and O–H groups in total. The number of hydrogen-bond donors (Lipinski definition) is 2. The van der Waals surface area contributed by atoms with Crippen LogP contribution in [0.1, 0.15) is 24.6 Å². The number of aromatic nitrogens is 3. The van der Waals surface area contributed by atoms with Gasteiger partial charge in [-0.15, -0.1) is 0 Å². The standard InChI is InChI=1S/C21H23N5OS/c27-20(14-26-12-6-7-16(13-26)21-22-15-23-25-21)24-18-10-4-5-11-19(18)28-17-8-2-1-3-9-17/h1-5,8-11,15-16H,6-7,12-14H2,(H,24,27)(H,22,23,25)/t16-/m0/s1. The Morgan fingerprint density at radius 2 is 2.00 bits per heavy atom. The molecule has 4 rings (SSSR count). The van der Waals surface area contributed by atoms with E-state index in [1.807, 2.05) is 42.5 Å². The molecule has 1 atom stereocenters. The molecule has 1 saturated heterocycles. The molecule has 1 aromatic heterocycles. The van der Waals surface area contributed by atoms with E-state index in [1.165, 1.54) is 0 Å². The smallest absolute Gasteiger partial charge is 0.238 e. The molecule has 1 aliphatic rings. The van der Waals surface area contributed by atoms with Gasteiger partial charge in [0.15, 0.2) is 0 Å². The van der Waals surface area contributed by atoms with E-state index in [0.29, 0.717) is 12.5 Å². The predicted molar refractivity (Wildman–Crippen MR) is 110 cm³/mol. The van der Waals surface area contributed by atoms with Crippen molar-refractivity contribution < 1.29 is 4.79 Å². The van der Waals surface area contributed by atoms with Crippen LogP contribution in [0.2, 0.25) is 0 Å². The number of hydrogen-bond acceptors (Lipinski definition) is 5. The molecule has 144 valence electrons. The molecule has 0 unspecified atom stereocenters. The minimum absolute atomic E-state index is 0.0133. The maximum Gasteiger partial charge on any atom is 0.238 e. The Labute approximate surface area is 168 Å². The summed E-state index contributed by atoms with van der Waals surface area (Å²) >= 11 is 1.65. The molecular formula is C21H23N5OS. The Hall–Kier alpha value is -2.64. The molecule has 1 aliphatic heterocycles. The van der Waals surface area contributed by atoms with E-state index < -0.39 is 0 Å². The van der Waals surface area contributed by atoms with Crippen LogP contribution in [-0.4, -0.2) is 45.6 Å². The minimum atomic E-state index is 0.0133. The van der Waals surface area contributed by atoms with Crippen molar-refractivity contribution in [3.63, 3.8) is 0 Å². The molecule has 1 fully saturated rings. The normalized spacial score (nSPS) is 17.4.